The second-order valence-electron chi connectivity index (χ2n) is 7.25. The van der Waals surface area contributed by atoms with E-state index in [2.05, 4.69) is 10.4 Å². The van der Waals surface area contributed by atoms with Crippen LogP contribution in [0.15, 0.2) is 30.3 Å². The standard InChI is InChI=1S/C21H21ClN4O3S/c1-13-16-11-17(20(29)23-9-2-10-25-18(27)7-8-19(25)28)30-21(16)26(24-13)12-14-3-5-15(22)6-4-14/h3-6,11H,2,7-10,12H2,1H3,(H,23,29). The molecule has 0 atom stereocenters. The number of imide groups is 1. The van der Waals surface area contributed by atoms with E-state index >= 15 is 0 Å². The minimum Gasteiger partial charge on any atom is -0.351 e. The molecule has 0 radical (unpaired) electrons. The Balaban J connectivity index is 1.39. The van der Waals surface area contributed by atoms with Crippen LogP contribution in [0.2, 0.25) is 5.02 Å². The molecule has 1 aliphatic rings. The monoisotopic (exact) mass is 444 g/mol. The molecule has 30 heavy (non-hydrogen) atoms. The van der Waals surface area contributed by atoms with E-state index in [1.165, 1.54) is 16.2 Å². The van der Waals surface area contributed by atoms with E-state index in [4.69, 9.17) is 11.6 Å². The van der Waals surface area contributed by atoms with Crippen LogP contribution in [-0.4, -0.2) is 45.5 Å². The molecule has 1 fully saturated rings. The third kappa shape index (κ3) is 4.24. The van der Waals surface area contributed by atoms with Crippen molar-refractivity contribution in [3.63, 3.8) is 0 Å². The van der Waals surface area contributed by atoms with Crippen molar-refractivity contribution in [2.24, 2.45) is 0 Å². The quantitative estimate of drug-likeness (QED) is 0.447. The number of fused-ring (bicyclic) bond motifs is 1. The van der Waals surface area contributed by atoms with Crippen molar-refractivity contribution in [3.05, 3.63) is 51.5 Å². The number of benzene rings is 1. The summed E-state index contributed by atoms with van der Waals surface area (Å²) in [7, 11) is 0. The van der Waals surface area contributed by atoms with E-state index in [1.54, 1.807) is 0 Å². The smallest absolute Gasteiger partial charge is 0.261 e. The molecule has 1 aromatic carbocycles. The van der Waals surface area contributed by atoms with Gasteiger partial charge in [-0.2, -0.15) is 5.10 Å². The fourth-order valence-corrected chi connectivity index (χ4v) is 4.70. The van der Waals surface area contributed by atoms with Gasteiger partial charge in [0.05, 0.1) is 17.1 Å². The first-order valence-corrected chi connectivity index (χ1v) is 10.9. The van der Waals surface area contributed by atoms with Crippen LogP contribution in [0.5, 0.6) is 0 Å². The van der Waals surface area contributed by atoms with Crippen molar-refractivity contribution >= 4 is 50.9 Å². The average molecular weight is 445 g/mol. The topological polar surface area (TPSA) is 84.3 Å². The van der Waals surface area contributed by atoms with Crippen molar-refractivity contribution in [3.8, 4) is 0 Å². The Hall–Kier alpha value is -2.71. The minimum absolute atomic E-state index is 0.128. The highest BCUT2D eigenvalue weighted by Gasteiger charge is 2.28. The van der Waals surface area contributed by atoms with Crippen LogP contribution in [0.3, 0.4) is 0 Å². The van der Waals surface area contributed by atoms with Crippen LogP contribution in [0.25, 0.3) is 10.2 Å². The van der Waals surface area contributed by atoms with Gasteiger partial charge in [0, 0.05) is 36.3 Å². The lowest BCUT2D eigenvalue weighted by atomic mass is 10.2. The Bertz CT molecular complexity index is 1100. The van der Waals surface area contributed by atoms with Crippen LogP contribution < -0.4 is 5.32 Å². The first-order chi connectivity index (χ1) is 14.4. The van der Waals surface area contributed by atoms with Crippen molar-refractivity contribution < 1.29 is 14.4 Å². The maximum absolute atomic E-state index is 12.6. The summed E-state index contributed by atoms with van der Waals surface area (Å²) in [6, 6.07) is 9.48. The molecule has 1 N–H and O–H groups in total. The minimum atomic E-state index is -0.160. The number of nitrogens with zero attached hydrogens (tertiary/aromatic N) is 3. The average Bonchev–Trinajstić information content (AvgIpc) is 3.38. The van der Waals surface area contributed by atoms with Crippen LogP contribution in [0.1, 0.15) is 40.2 Å². The van der Waals surface area contributed by atoms with Crippen molar-refractivity contribution in [1.82, 2.24) is 20.0 Å². The van der Waals surface area contributed by atoms with Gasteiger partial charge in [0.25, 0.3) is 5.91 Å². The van der Waals surface area contributed by atoms with Gasteiger partial charge in [-0.15, -0.1) is 11.3 Å². The molecule has 3 amide bonds. The Labute approximate surface area is 182 Å². The molecule has 7 nitrogen and oxygen atoms in total. The zero-order valence-electron chi connectivity index (χ0n) is 16.5. The summed E-state index contributed by atoms with van der Waals surface area (Å²) < 4.78 is 1.90. The maximum atomic E-state index is 12.6. The van der Waals surface area contributed by atoms with E-state index in [0.29, 0.717) is 48.8 Å². The number of likely N-dealkylation sites (tertiary alicyclic amines) is 1. The lowest BCUT2D eigenvalue weighted by Crippen LogP contribution is -2.33. The summed E-state index contributed by atoms with van der Waals surface area (Å²) >= 11 is 7.36. The highest BCUT2D eigenvalue weighted by Crippen LogP contribution is 2.29. The molecule has 0 unspecified atom stereocenters. The van der Waals surface area contributed by atoms with Crippen LogP contribution >= 0.6 is 22.9 Å². The molecule has 4 rings (SSSR count). The number of halogens is 1. The molecule has 0 aliphatic carbocycles. The molecule has 0 bridgehead atoms. The summed E-state index contributed by atoms with van der Waals surface area (Å²) in [6.45, 7) is 3.28. The molecule has 2 aromatic heterocycles. The van der Waals surface area contributed by atoms with Gasteiger partial charge >= 0.3 is 0 Å². The SMILES string of the molecule is Cc1nn(Cc2ccc(Cl)cc2)c2sc(C(=O)NCCCN3C(=O)CCC3=O)cc12. The summed E-state index contributed by atoms with van der Waals surface area (Å²) in [5.74, 6) is -0.416. The number of hydrogen-bond donors (Lipinski definition) is 1. The van der Waals surface area contributed by atoms with Crippen LogP contribution in [-0.2, 0) is 16.1 Å². The highest BCUT2D eigenvalue weighted by molar-refractivity contribution is 7.20. The first-order valence-electron chi connectivity index (χ1n) is 9.75. The molecule has 3 heterocycles. The highest BCUT2D eigenvalue weighted by atomic mass is 35.5. The zero-order chi connectivity index (χ0) is 21.3. The fraction of sp³-hybridized carbons (Fsp3) is 0.333. The number of rotatable bonds is 7. The van der Waals surface area contributed by atoms with Gasteiger partial charge in [-0.3, -0.25) is 24.0 Å². The number of aromatic nitrogens is 2. The Morgan fingerprint density at radius 1 is 1.20 bits per heavy atom. The number of carbonyl (C=O) groups excluding carboxylic acids is 3. The second kappa shape index (κ2) is 8.57. The number of amides is 3. The Morgan fingerprint density at radius 2 is 1.90 bits per heavy atom. The third-order valence-electron chi connectivity index (χ3n) is 5.08. The molecule has 1 saturated heterocycles. The fourth-order valence-electron chi connectivity index (χ4n) is 3.49. The summed E-state index contributed by atoms with van der Waals surface area (Å²) in [6.07, 6.45) is 1.12. The molecule has 0 spiro atoms. The third-order valence-corrected chi connectivity index (χ3v) is 6.47. The molecule has 1 aliphatic heterocycles. The summed E-state index contributed by atoms with van der Waals surface area (Å²) in [5, 5.41) is 9.12. The molecule has 0 saturated carbocycles. The van der Waals surface area contributed by atoms with Gasteiger partial charge in [-0.1, -0.05) is 23.7 Å². The van der Waals surface area contributed by atoms with Crippen molar-refractivity contribution in [2.75, 3.05) is 13.1 Å². The normalized spacial score (nSPS) is 14.1. The van der Waals surface area contributed by atoms with Gasteiger partial charge in [0.15, 0.2) is 0 Å². The van der Waals surface area contributed by atoms with E-state index in [9.17, 15) is 14.4 Å². The van der Waals surface area contributed by atoms with Gasteiger partial charge in [-0.25, -0.2) is 0 Å². The van der Waals surface area contributed by atoms with Gasteiger partial charge in [0.2, 0.25) is 11.8 Å². The predicted octanol–water partition coefficient (Wildman–Crippen LogP) is 3.38. The molecule has 3 aromatic rings. The van der Waals surface area contributed by atoms with E-state index in [1.807, 2.05) is 41.9 Å². The number of thiophene rings is 1. The first kappa shape index (κ1) is 20.6. The Kier molecular flexibility index (Phi) is 5.87. The number of carbonyl (C=O) groups is 3. The number of hydrogen-bond acceptors (Lipinski definition) is 5. The summed E-state index contributed by atoms with van der Waals surface area (Å²) in [5.41, 5.74) is 1.95. The molecular formula is C21H21ClN4O3S. The summed E-state index contributed by atoms with van der Waals surface area (Å²) in [4.78, 5) is 38.6. The van der Waals surface area contributed by atoms with Crippen molar-refractivity contribution in [2.45, 2.75) is 32.7 Å². The van der Waals surface area contributed by atoms with E-state index < -0.39 is 0 Å². The van der Waals surface area contributed by atoms with E-state index in [0.717, 1.165) is 21.5 Å². The van der Waals surface area contributed by atoms with Gasteiger partial charge in [-0.05, 0) is 37.1 Å². The van der Waals surface area contributed by atoms with Crippen LogP contribution in [0.4, 0.5) is 0 Å². The lowest BCUT2D eigenvalue weighted by Gasteiger charge is -2.13. The molecule has 156 valence electrons. The lowest BCUT2D eigenvalue weighted by molar-refractivity contribution is -0.138. The number of aryl methyl sites for hydroxylation is 1. The van der Waals surface area contributed by atoms with Crippen molar-refractivity contribution in [1.29, 1.82) is 0 Å². The van der Waals surface area contributed by atoms with Gasteiger partial charge in [0.1, 0.15) is 4.83 Å². The molecular weight excluding hydrogens is 424 g/mol. The Morgan fingerprint density at radius 3 is 2.60 bits per heavy atom. The predicted molar refractivity (Wildman–Crippen MR) is 116 cm³/mol. The van der Waals surface area contributed by atoms with E-state index in [-0.39, 0.29) is 17.7 Å². The maximum Gasteiger partial charge on any atom is 0.261 e. The second-order valence-corrected chi connectivity index (χ2v) is 8.71. The largest absolute Gasteiger partial charge is 0.351 e. The number of nitrogens with one attached hydrogen (secondary N) is 1. The molecule has 9 heteroatoms. The van der Waals surface area contributed by atoms with Gasteiger partial charge < -0.3 is 5.32 Å². The van der Waals surface area contributed by atoms with Crippen LogP contribution in [0, 0.1) is 6.92 Å². The zero-order valence-corrected chi connectivity index (χ0v) is 18.1.